The molecule has 3 rings (SSSR count). The molecule has 6 heteroatoms. The highest BCUT2D eigenvalue weighted by Gasteiger charge is 2.21. The second kappa shape index (κ2) is 7.07. The molecular formula is C16H25N5O. The summed E-state index contributed by atoms with van der Waals surface area (Å²) in [6.07, 6.45) is 3.68. The van der Waals surface area contributed by atoms with E-state index in [2.05, 4.69) is 38.5 Å². The van der Waals surface area contributed by atoms with Gasteiger partial charge in [-0.05, 0) is 45.1 Å². The summed E-state index contributed by atoms with van der Waals surface area (Å²) in [5.41, 5.74) is 1.13. The Labute approximate surface area is 131 Å². The number of amides is 1. The maximum Gasteiger partial charge on any atom is 0.228 e. The van der Waals surface area contributed by atoms with Crippen molar-refractivity contribution in [3.8, 4) is 0 Å². The zero-order valence-electron chi connectivity index (χ0n) is 13.2. The Balaban J connectivity index is 1.56. The standard InChI is InChI=1S/C16H25N5O/c1-20-8-10-21(11-9-20)14-2-3-15(18-12-14)19-16(22)13-4-6-17-7-5-13/h2-3,12-13,17H,4-11H2,1H3,(H,18,19,22). The zero-order valence-corrected chi connectivity index (χ0v) is 13.2. The van der Waals surface area contributed by atoms with Gasteiger partial charge in [-0.2, -0.15) is 0 Å². The molecule has 0 radical (unpaired) electrons. The molecule has 2 saturated heterocycles. The summed E-state index contributed by atoms with van der Waals surface area (Å²) >= 11 is 0. The molecule has 2 N–H and O–H groups in total. The first-order chi connectivity index (χ1) is 10.7. The van der Waals surface area contributed by atoms with Crippen LogP contribution in [0.3, 0.4) is 0 Å². The largest absolute Gasteiger partial charge is 0.368 e. The van der Waals surface area contributed by atoms with E-state index in [1.54, 1.807) is 0 Å². The average molecular weight is 303 g/mol. The van der Waals surface area contributed by atoms with E-state index in [1.807, 2.05) is 12.3 Å². The number of rotatable bonds is 3. The molecule has 1 amide bonds. The summed E-state index contributed by atoms with van der Waals surface area (Å²) in [6.45, 7) is 6.06. The molecule has 2 fully saturated rings. The monoisotopic (exact) mass is 303 g/mol. The van der Waals surface area contributed by atoms with Crippen LogP contribution in [0.4, 0.5) is 11.5 Å². The number of anilines is 2. The third kappa shape index (κ3) is 3.75. The van der Waals surface area contributed by atoms with Crippen LogP contribution in [0.25, 0.3) is 0 Å². The van der Waals surface area contributed by atoms with Gasteiger partial charge < -0.3 is 20.4 Å². The molecule has 3 heterocycles. The number of carbonyl (C=O) groups excluding carboxylic acids is 1. The smallest absolute Gasteiger partial charge is 0.228 e. The molecule has 0 atom stereocenters. The van der Waals surface area contributed by atoms with E-state index in [9.17, 15) is 4.79 Å². The van der Waals surface area contributed by atoms with Crippen molar-refractivity contribution in [2.45, 2.75) is 12.8 Å². The molecular weight excluding hydrogens is 278 g/mol. The van der Waals surface area contributed by atoms with Gasteiger partial charge in [0, 0.05) is 32.1 Å². The highest BCUT2D eigenvalue weighted by Crippen LogP contribution is 2.18. The summed E-state index contributed by atoms with van der Waals surface area (Å²) in [6, 6.07) is 3.96. The number of hydrogen-bond donors (Lipinski definition) is 2. The number of hydrogen-bond acceptors (Lipinski definition) is 5. The first-order valence-corrected chi connectivity index (χ1v) is 8.13. The Morgan fingerprint density at radius 2 is 1.95 bits per heavy atom. The van der Waals surface area contributed by atoms with E-state index in [4.69, 9.17) is 0 Å². The van der Waals surface area contributed by atoms with Gasteiger partial charge in [0.25, 0.3) is 0 Å². The van der Waals surface area contributed by atoms with E-state index < -0.39 is 0 Å². The first kappa shape index (κ1) is 15.2. The molecule has 0 saturated carbocycles. The van der Waals surface area contributed by atoms with Crippen molar-refractivity contribution in [1.82, 2.24) is 15.2 Å². The fourth-order valence-electron chi connectivity index (χ4n) is 3.02. The van der Waals surface area contributed by atoms with Crippen LogP contribution in [0.2, 0.25) is 0 Å². The first-order valence-electron chi connectivity index (χ1n) is 8.13. The van der Waals surface area contributed by atoms with Crippen molar-refractivity contribution in [1.29, 1.82) is 0 Å². The van der Waals surface area contributed by atoms with Crippen LogP contribution < -0.4 is 15.5 Å². The molecule has 2 aliphatic heterocycles. The summed E-state index contributed by atoms with van der Waals surface area (Å²) in [4.78, 5) is 21.3. The lowest BCUT2D eigenvalue weighted by atomic mass is 9.97. The minimum absolute atomic E-state index is 0.0985. The number of piperidine rings is 1. The van der Waals surface area contributed by atoms with Crippen LogP contribution in [0.15, 0.2) is 18.3 Å². The summed E-state index contributed by atoms with van der Waals surface area (Å²) in [5, 5.41) is 6.22. The van der Waals surface area contributed by atoms with Crippen LogP contribution in [0.5, 0.6) is 0 Å². The van der Waals surface area contributed by atoms with Crippen LogP contribution in [0.1, 0.15) is 12.8 Å². The van der Waals surface area contributed by atoms with Crippen molar-refractivity contribution >= 4 is 17.4 Å². The third-order valence-electron chi connectivity index (χ3n) is 4.58. The Morgan fingerprint density at radius 3 is 2.59 bits per heavy atom. The van der Waals surface area contributed by atoms with Crippen molar-refractivity contribution in [3.63, 3.8) is 0 Å². The van der Waals surface area contributed by atoms with Gasteiger partial charge in [-0.25, -0.2) is 4.98 Å². The third-order valence-corrected chi connectivity index (χ3v) is 4.58. The fraction of sp³-hybridized carbons (Fsp3) is 0.625. The molecule has 0 aliphatic carbocycles. The fourth-order valence-corrected chi connectivity index (χ4v) is 3.02. The summed E-state index contributed by atoms with van der Waals surface area (Å²) in [7, 11) is 2.15. The lowest BCUT2D eigenvalue weighted by molar-refractivity contribution is -0.120. The molecule has 0 spiro atoms. The average Bonchev–Trinajstić information content (AvgIpc) is 2.57. The Kier molecular flexibility index (Phi) is 4.90. The van der Waals surface area contributed by atoms with E-state index in [1.165, 1.54) is 0 Å². The Hall–Kier alpha value is -1.66. The van der Waals surface area contributed by atoms with E-state index in [-0.39, 0.29) is 11.8 Å². The second-order valence-corrected chi connectivity index (χ2v) is 6.21. The van der Waals surface area contributed by atoms with Crippen molar-refractivity contribution in [2.24, 2.45) is 5.92 Å². The zero-order chi connectivity index (χ0) is 15.4. The quantitative estimate of drug-likeness (QED) is 0.864. The van der Waals surface area contributed by atoms with Gasteiger partial charge in [0.15, 0.2) is 0 Å². The number of aromatic nitrogens is 1. The number of carbonyl (C=O) groups is 1. The molecule has 0 unspecified atom stereocenters. The highest BCUT2D eigenvalue weighted by atomic mass is 16.1. The predicted molar refractivity (Wildman–Crippen MR) is 88.2 cm³/mol. The molecule has 22 heavy (non-hydrogen) atoms. The minimum Gasteiger partial charge on any atom is -0.368 e. The van der Waals surface area contributed by atoms with Gasteiger partial charge in [0.05, 0.1) is 11.9 Å². The van der Waals surface area contributed by atoms with E-state index in [0.29, 0.717) is 5.82 Å². The van der Waals surface area contributed by atoms with Crippen molar-refractivity contribution in [3.05, 3.63) is 18.3 Å². The maximum atomic E-state index is 12.2. The summed E-state index contributed by atoms with van der Waals surface area (Å²) in [5.74, 6) is 0.864. The molecule has 6 nitrogen and oxygen atoms in total. The Bertz CT molecular complexity index is 490. The topological polar surface area (TPSA) is 60.5 Å². The SMILES string of the molecule is CN1CCN(c2ccc(NC(=O)C3CCNCC3)nc2)CC1. The van der Waals surface area contributed by atoms with Gasteiger partial charge in [-0.15, -0.1) is 0 Å². The number of pyridine rings is 1. The van der Waals surface area contributed by atoms with Crippen LogP contribution >= 0.6 is 0 Å². The number of likely N-dealkylation sites (N-methyl/N-ethyl adjacent to an activating group) is 1. The van der Waals surface area contributed by atoms with Gasteiger partial charge >= 0.3 is 0 Å². The minimum atomic E-state index is 0.0985. The number of piperazine rings is 1. The Morgan fingerprint density at radius 1 is 1.23 bits per heavy atom. The number of nitrogens with one attached hydrogen (secondary N) is 2. The molecule has 120 valence electrons. The van der Waals surface area contributed by atoms with Crippen molar-refractivity contribution in [2.75, 3.05) is 56.5 Å². The maximum absolute atomic E-state index is 12.2. The van der Waals surface area contributed by atoms with Crippen LogP contribution in [-0.2, 0) is 4.79 Å². The predicted octanol–water partition coefficient (Wildman–Crippen LogP) is 0.772. The number of nitrogens with zero attached hydrogens (tertiary/aromatic N) is 3. The normalized spacial score (nSPS) is 20.9. The van der Waals surface area contributed by atoms with Crippen molar-refractivity contribution < 1.29 is 4.79 Å². The molecule has 0 bridgehead atoms. The molecule has 2 aliphatic rings. The lowest BCUT2D eigenvalue weighted by Crippen LogP contribution is -2.44. The van der Waals surface area contributed by atoms with Gasteiger partial charge in [0.2, 0.25) is 5.91 Å². The lowest BCUT2D eigenvalue weighted by Gasteiger charge is -2.33. The molecule has 1 aromatic rings. The molecule has 0 aromatic carbocycles. The van der Waals surface area contributed by atoms with E-state index in [0.717, 1.165) is 57.8 Å². The van der Waals surface area contributed by atoms with E-state index >= 15 is 0 Å². The van der Waals surface area contributed by atoms with Gasteiger partial charge in [-0.3, -0.25) is 4.79 Å². The molecule has 1 aromatic heterocycles. The second-order valence-electron chi connectivity index (χ2n) is 6.21. The summed E-state index contributed by atoms with van der Waals surface area (Å²) < 4.78 is 0. The van der Waals surface area contributed by atoms with Gasteiger partial charge in [0.1, 0.15) is 5.82 Å². The van der Waals surface area contributed by atoms with Crippen LogP contribution in [-0.4, -0.2) is 62.1 Å². The van der Waals surface area contributed by atoms with Gasteiger partial charge in [-0.1, -0.05) is 0 Å². The highest BCUT2D eigenvalue weighted by molar-refractivity contribution is 5.91. The van der Waals surface area contributed by atoms with Crippen LogP contribution in [0, 0.1) is 5.92 Å².